The number of benzene rings is 1. The van der Waals surface area contributed by atoms with Gasteiger partial charge in [-0.1, -0.05) is 24.3 Å². The lowest BCUT2D eigenvalue weighted by Crippen LogP contribution is -2.19. The van der Waals surface area contributed by atoms with Crippen LogP contribution in [-0.4, -0.2) is 20.8 Å². The molecule has 4 nitrogen and oxygen atoms in total. The molecule has 0 amide bonds. The lowest BCUT2D eigenvalue weighted by atomic mass is 10.0. The quantitative estimate of drug-likeness (QED) is 0.803. The number of hydrogen-bond acceptors (Lipinski definition) is 4. The topological polar surface area (TPSA) is 52.6 Å². The summed E-state index contributed by atoms with van der Waals surface area (Å²) in [4.78, 5) is 0. The molecule has 1 atom stereocenters. The highest BCUT2D eigenvalue weighted by Crippen LogP contribution is 2.34. The van der Waals surface area contributed by atoms with Crippen LogP contribution in [0.2, 0.25) is 0 Å². The van der Waals surface area contributed by atoms with Crippen molar-refractivity contribution < 1.29 is 17.9 Å². The molecule has 0 radical (unpaired) electrons. The molecule has 1 heterocycles. The van der Waals surface area contributed by atoms with Crippen LogP contribution in [0.4, 0.5) is 0 Å². The van der Waals surface area contributed by atoms with E-state index in [1.807, 2.05) is 26.0 Å². The second-order valence-corrected chi connectivity index (χ2v) is 7.48. The molecule has 1 aliphatic rings. The highest BCUT2D eigenvalue weighted by atomic mass is 35.7. The van der Waals surface area contributed by atoms with Crippen molar-refractivity contribution in [2.75, 3.05) is 6.61 Å². The standard InChI is InChI=1S/C12H15ClO4S/c1-12(2)16-7-11(17-12)10-6-4-3-5-9(10)8-18(13,14)15/h3-6,11H,7-8H2,1-2H3. The van der Waals surface area contributed by atoms with Crippen LogP contribution in [0.3, 0.4) is 0 Å². The normalized spacial score (nSPS) is 23.2. The lowest BCUT2D eigenvalue weighted by Gasteiger charge is -2.18. The van der Waals surface area contributed by atoms with E-state index in [-0.39, 0.29) is 11.9 Å². The molecule has 1 aromatic carbocycles. The predicted octanol–water partition coefficient (Wildman–Crippen LogP) is 2.58. The fourth-order valence-electron chi connectivity index (χ4n) is 2.01. The zero-order chi connectivity index (χ0) is 13.4. The maximum Gasteiger partial charge on any atom is 0.236 e. The summed E-state index contributed by atoms with van der Waals surface area (Å²) < 4.78 is 33.6. The third kappa shape index (κ3) is 3.45. The summed E-state index contributed by atoms with van der Waals surface area (Å²) >= 11 is 0. The third-order valence-electron chi connectivity index (χ3n) is 2.74. The fourth-order valence-corrected chi connectivity index (χ4v) is 2.99. The molecule has 100 valence electrons. The van der Waals surface area contributed by atoms with E-state index in [0.717, 1.165) is 5.56 Å². The van der Waals surface area contributed by atoms with Crippen LogP contribution in [0.5, 0.6) is 0 Å². The lowest BCUT2D eigenvalue weighted by molar-refractivity contribution is -0.139. The zero-order valence-corrected chi connectivity index (χ0v) is 11.8. The van der Waals surface area contributed by atoms with Gasteiger partial charge in [-0.05, 0) is 25.0 Å². The SMILES string of the molecule is CC1(C)OCC(c2ccccc2CS(=O)(=O)Cl)O1. The molecule has 1 fully saturated rings. The van der Waals surface area contributed by atoms with E-state index in [1.165, 1.54) is 0 Å². The minimum atomic E-state index is -3.58. The average Bonchev–Trinajstić information content (AvgIpc) is 2.57. The number of halogens is 1. The molecule has 2 rings (SSSR count). The van der Waals surface area contributed by atoms with Crippen molar-refractivity contribution in [1.29, 1.82) is 0 Å². The Bertz CT molecular complexity index is 539. The molecule has 0 spiro atoms. The van der Waals surface area contributed by atoms with Gasteiger partial charge in [0.05, 0.1) is 12.4 Å². The van der Waals surface area contributed by atoms with E-state index in [0.29, 0.717) is 12.2 Å². The molecular formula is C12H15ClO4S. The number of rotatable bonds is 3. The molecule has 1 aromatic rings. The highest BCUT2D eigenvalue weighted by Gasteiger charge is 2.34. The van der Waals surface area contributed by atoms with E-state index in [2.05, 4.69) is 0 Å². The van der Waals surface area contributed by atoms with Crippen LogP contribution in [0, 0.1) is 0 Å². The first kappa shape index (κ1) is 13.8. The Morgan fingerprint density at radius 3 is 2.61 bits per heavy atom. The first-order valence-corrected chi connectivity index (χ1v) is 8.07. The van der Waals surface area contributed by atoms with Gasteiger partial charge >= 0.3 is 0 Å². The smallest absolute Gasteiger partial charge is 0.236 e. The number of hydrogen-bond donors (Lipinski definition) is 0. The molecule has 0 aromatic heterocycles. The monoisotopic (exact) mass is 290 g/mol. The molecular weight excluding hydrogens is 276 g/mol. The Balaban J connectivity index is 2.29. The first-order chi connectivity index (χ1) is 8.27. The van der Waals surface area contributed by atoms with Gasteiger partial charge in [-0.3, -0.25) is 0 Å². The Labute approximate surface area is 111 Å². The van der Waals surface area contributed by atoms with Crippen LogP contribution in [0.1, 0.15) is 31.1 Å². The van der Waals surface area contributed by atoms with Gasteiger partial charge in [0.15, 0.2) is 5.79 Å². The molecule has 0 bridgehead atoms. The molecule has 0 aliphatic carbocycles. The second-order valence-electron chi connectivity index (χ2n) is 4.70. The van der Waals surface area contributed by atoms with Gasteiger partial charge in [0.2, 0.25) is 9.05 Å². The van der Waals surface area contributed by atoms with Gasteiger partial charge in [0.1, 0.15) is 6.10 Å². The summed E-state index contributed by atoms with van der Waals surface area (Å²) in [5, 5.41) is 0. The van der Waals surface area contributed by atoms with Crippen molar-refractivity contribution in [2.24, 2.45) is 0 Å². The molecule has 1 unspecified atom stereocenters. The summed E-state index contributed by atoms with van der Waals surface area (Å²) in [5.41, 5.74) is 1.46. The molecule has 0 saturated carbocycles. The molecule has 18 heavy (non-hydrogen) atoms. The summed E-state index contributed by atoms with van der Waals surface area (Å²) in [6.45, 7) is 4.06. The van der Waals surface area contributed by atoms with Crippen molar-refractivity contribution in [3.05, 3.63) is 35.4 Å². The van der Waals surface area contributed by atoms with Gasteiger partial charge in [0.25, 0.3) is 0 Å². The predicted molar refractivity (Wildman–Crippen MR) is 68.8 cm³/mol. The first-order valence-electron chi connectivity index (χ1n) is 5.59. The minimum absolute atomic E-state index is 0.203. The summed E-state index contributed by atoms with van der Waals surface area (Å²) in [5.74, 6) is -0.845. The summed E-state index contributed by atoms with van der Waals surface area (Å²) in [7, 11) is 1.72. The van der Waals surface area contributed by atoms with Gasteiger partial charge in [-0.2, -0.15) is 0 Å². The van der Waals surface area contributed by atoms with Crippen molar-refractivity contribution in [2.45, 2.75) is 31.5 Å². The Morgan fingerprint density at radius 2 is 2.06 bits per heavy atom. The van der Waals surface area contributed by atoms with Crippen molar-refractivity contribution >= 4 is 19.7 Å². The van der Waals surface area contributed by atoms with Gasteiger partial charge in [0, 0.05) is 10.7 Å². The third-order valence-corrected chi connectivity index (χ3v) is 3.72. The number of ether oxygens (including phenoxy) is 2. The zero-order valence-electron chi connectivity index (χ0n) is 10.2. The van der Waals surface area contributed by atoms with Gasteiger partial charge < -0.3 is 9.47 Å². The van der Waals surface area contributed by atoms with Crippen molar-refractivity contribution in [1.82, 2.24) is 0 Å². The second kappa shape index (κ2) is 4.81. The molecule has 1 aliphatic heterocycles. The van der Waals surface area contributed by atoms with Crippen LogP contribution in [-0.2, 0) is 24.3 Å². The van der Waals surface area contributed by atoms with E-state index in [9.17, 15) is 8.42 Å². The van der Waals surface area contributed by atoms with Gasteiger partial charge in [-0.15, -0.1) is 0 Å². The molecule has 0 N–H and O–H groups in total. The summed E-state index contributed by atoms with van der Waals surface area (Å²) in [6, 6.07) is 7.20. The summed E-state index contributed by atoms with van der Waals surface area (Å²) in [6.07, 6.45) is -0.255. The van der Waals surface area contributed by atoms with Crippen LogP contribution >= 0.6 is 10.7 Å². The minimum Gasteiger partial charge on any atom is -0.347 e. The van der Waals surface area contributed by atoms with E-state index in [1.54, 1.807) is 12.1 Å². The van der Waals surface area contributed by atoms with Crippen LogP contribution in [0.15, 0.2) is 24.3 Å². The van der Waals surface area contributed by atoms with Crippen LogP contribution in [0.25, 0.3) is 0 Å². The van der Waals surface area contributed by atoms with E-state index >= 15 is 0 Å². The molecule has 1 saturated heterocycles. The Morgan fingerprint density at radius 1 is 1.39 bits per heavy atom. The van der Waals surface area contributed by atoms with Crippen molar-refractivity contribution in [3.63, 3.8) is 0 Å². The fraction of sp³-hybridized carbons (Fsp3) is 0.500. The van der Waals surface area contributed by atoms with E-state index in [4.69, 9.17) is 20.2 Å². The maximum atomic E-state index is 11.2. The maximum absolute atomic E-state index is 11.2. The average molecular weight is 291 g/mol. The largest absolute Gasteiger partial charge is 0.347 e. The highest BCUT2D eigenvalue weighted by molar-refractivity contribution is 8.13. The molecule has 6 heteroatoms. The Hall–Kier alpha value is -0.620. The van der Waals surface area contributed by atoms with Crippen LogP contribution < -0.4 is 0 Å². The van der Waals surface area contributed by atoms with Gasteiger partial charge in [-0.25, -0.2) is 8.42 Å². The van der Waals surface area contributed by atoms with Crippen molar-refractivity contribution in [3.8, 4) is 0 Å². The van der Waals surface area contributed by atoms with E-state index < -0.39 is 14.8 Å². The Kier molecular flexibility index (Phi) is 3.69.